The Morgan fingerprint density at radius 3 is 2.82 bits per heavy atom. The zero-order chi connectivity index (χ0) is 22.9. The van der Waals surface area contributed by atoms with E-state index in [0.717, 1.165) is 33.7 Å². The maximum atomic E-state index is 14.2. The number of fused-ring (bicyclic) bond motifs is 1. The summed E-state index contributed by atoms with van der Waals surface area (Å²) in [6.07, 6.45) is 3.57. The molecule has 1 amide bonds. The number of aryl methyl sites for hydroxylation is 1. The van der Waals surface area contributed by atoms with E-state index in [1.54, 1.807) is 23.0 Å². The molecule has 5 rings (SSSR count). The van der Waals surface area contributed by atoms with E-state index in [2.05, 4.69) is 20.6 Å². The van der Waals surface area contributed by atoms with Gasteiger partial charge >= 0.3 is 0 Å². The van der Waals surface area contributed by atoms with Gasteiger partial charge in [-0.15, -0.1) is 0 Å². The Bertz CT molecular complexity index is 1430. The van der Waals surface area contributed by atoms with Crippen molar-refractivity contribution in [2.75, 3.05) is 0 Å². The van der Waals surface area contributed by atoms with Crippen LogP contribution in [0, 0.1) is 12.7 Å². The number of para-hydroxylation sites is 1. The lowest BCUT2D eigenvalue weighted by atomic mass is 9.93. The molecule has 0 spiro atoms. The van der Waals surface area contributed by atoms with Crippen LogP contribution in [0.3, 0.4) is 0 Å². The quantitative estimate of drug-likeness (QED) is 0.392. The summed E-state index contributed by atoms with van der Waals surface area (Å²) in [7, 11) is 0. The lowest BCUT2D eigenvalue weighted by Crippen LogP contribution is -2.27. The standard InChI is InChI=1S/C25H22FN5O2/c1-15-12-18(33-30-15)14-27-25(32)16(2)23-20-13-17(26)8-9-21(20)29-24(23)19-6-3-4-7-22(19)31-11-5-10-28-31/h3-13,16,29H,14H2,1-2H3,(H,27,32). The molecular formula is C25H22FN5O2. The van der Waals surface area contributed by atoms with Crippen LogP contribution in [-0.4, -0.2) is 25.8 Å². The van der Waals surface area contributed by atoms with Crippen LogP contribution in [0.2, 0.25) is 0 Å². The van der Waals surface area contributed by atoms with Crippen molar-refractivity contribution < 1.29 is 13.7 Å². The molecule has 0 saturated heterocycles. The summed E-state index contributed by atoms with van der Waals surface area (Å²) in [6, 6.07) is 16.0. The number of halogens is 1. The van der Waals surface area contributed by atoms with Gasteiger partial charge in [0.25, 0.3) is 0 Å². The SMILES string of the molecule is Cc1cc(CNC(=O)C(C)c2c(-c3ccccc3-n3cccn3)[nH]c3ccc(F)cc23)on1. The first-order valence-corrected chi connectivity index (χ1v) is 10.6. The van der Waals surface area contributed by atoms with Crippen molar-refractivity contribution >= 4 is 16.8 Å². The van der Waals surface area contributed by atoms with Gasteiger partial charge in [0.15, 0.2) is 5.76 Å². The van der Waals surface area contributed by atoms with Crippen molar-refractivity contribution in [3.8, 4) is 16.9 Å². The van der Waals surface area contributed by atoms with Gasteiger partial charge in [-0.1, -0.05) is 23.4 Å². The van der Waals surface area contributed by atoms with Crippen LogP contribution < -0.4 is 5.32 Å². The van der Waals surface area contributed by atoms with Gasteiger partial charge in [-0.2, -0.15) is 5.10 Å². The fourth-order valence-corrected chi connectivity index (χ4v) is 4.10. The summed E-state index contributed by atoms with van der Waals surface area (Å²) in [5.41, 5.74) is 4.67. The first-order chi connectivity index (χ1) is 16.0. The first-order valence-electron chi connectivity index (χ1n) is 10.6. The summed E-state index contributed by atoms with van der Waals surface area (Å²) < 4.78 is 21.2. The van der Waals surface area contributed by atoms with E-state index < -0.39 is 5.92 Å². The number of aromatic nitrogens is 4. The molecule has 0 radical (unpaired) electrons. The summed E-state index contributed by atoms with van der Waals surface area (Å²) in [5.74, 6) is -0.557. The third-order valence-corrected chi connectivity index (χ3v) is 5.67. The molecule has 2 aromatic carbocycles. The van der Waals surface area contributed by atoms with Gasteiger partial charge in [0, 0.05) is 34.9 Å². The van der Waals surface area contributed by atoms with E-state index in [4.69, 9.17) is 4.52 Å². The van der Waals surface area contributed by atoms with Crippen molar-refractivity contribution in [1.82, 2.24) is 25.2 Å². The number of hydrogen-bond donors (Lipinski definition) is 2. The number of hydrogen-bond acceptors (Lipinski definition) is 4. The zero-order valence-corrected chi connectivity index (χ0v) is 18.2. The summed E-state index contributed by atoms with van der Waals surface area (Å²) in [4.78, 5) is 16.6. The Morgan fingerprint density at radius 1 is 1.21 bits per heavy atom. The Morgan fingerprint density at radius 2 is 2.06 bits per heavy atom. The average Bonchev–Trinajstić information content (AvgIpc) is 3.56. The zero-order valence-electron chi connectivity index (χ0n) is 18.2. The predicted octanol–water partition coefficient (Wildman–Crippen LogP) is 4.88. The lowest BCUT2D eigenvalue weighted by molar-refractivity contribution is -0.122. The van der Waals surface area contributed by atoms with E-state index in [-0.39, 0.29) is 18.3 Å². The molecule has 7 nitrogen and oxygen atoms in total. The maximum Gasteiger partial charge on any atom is 0.227 e. The molecule has 5 aromatic rings. The Labute approximate surface area is 189 Å². The van der Waals surface area contributed by atoms with E-state index in [0.29, 0.717) is 11.1 Å². The second-order valence-electron chi connectivity index (χ2n) is 7.95. The van der Waals surface area contributed by atoms with Gasteiger partial charge in [0.1, 0.15) is 5.82 Å². The van der Waals surface area contributed by atoms with E-state index >= 15 is 0 Å². The molecule has 0 aliphatic rings. The van der Waals surface area contributed by atoms with Crippen molar-refractivity contribution in [2.24, 2.45) is 0 Å². The molecule has 166 valence electrons. The fourth-order valence-electron chi connectivity index (χ4n) is 4.10. The van der Waals surface area contributed by atoms with Gasteiger partial charge < -0.3 is 14.8 Å². The number of benzene rings is 2. The van der Waals surface area contributed by atoms with Crippen molar-refractivity contribution in [2.45, 2.75) is 26.3 Å². The summed E-state index contributed by atoms with van der Waals surface area (Å²) in [6.45, 7) is 3.86. The van der Waals surface area contributed by atoms with Crippen LogP contribution >= 0.6 is 0 Å². The molecule has 33 heavy (non-hydrogen) atoms. The predicted molar refractivity (Wildman–Crippen MR) is 122 cm³/mol. The Balaban J connectivity index is 1.59. The summed E-state index contributed by atoms with van der Waals surface area (Å²) >= 11 is 0. The molecule has 0 aliphatic heterocycles. The van der Waals surface area contributed by atoms with Crippen molar-refractivity contribution in [3.63, 3.8) is 0 Å². The second kappa shape index (κ2) is 8.38. The lowest BCUT2D eigenvalue weighted by Gasteiger charge is -2.16. The monoisotopic (exact) mass is 443 g/mol. The number of nitrogens with zero attached hydrogens (tertiary/aromatic N) is 3. The number of carbonyl (C=O) groups is 1. The fraction of sp³-hybridized carbons (Fsp3) is 0.160. The number of aromatic amines is 1. The molecular weight excluding hydrogens is 421 g/mol. The number of amides is 1. The molecule has 0 aliphatic carbocycles. The van der Waals surface area contributed by atoms with Crippen molar-refractivity contribution in [3.05, 3.63) is 89.8 Å². The molecule has 3 aromatic heterocycles. The van der Waals surface area contributed by atoms with Crippen LogP contribution in [0.1, 0.15) is 29.9 Å². The maximum absolute atomic E-state index is 14.2. The highest BCUT2D eigenvalue weighted by Gasteiger charge is 2.26. The highest BCUT2D eigenvalue weighted by molar-refractivity contribution is 5.98. The Hall–Kier alpha value is -4.20. The molecule has 3 heterocycles. The number of rotatable bonds is 6. The van der Waals surface area contributed by atoms with Gasteiger partial charge in [0.05, 0.1) is 29.5 Å². The Kier molecular flexibility index (Phi) is 5.26. The highest BCUT2D eigenvalue weighted by Crippen LogP contribution is 2.38. The van der Waals surface area contributed by atoms with Gasteiger partial charge in [-0.3, -0.25) is 4.79 Å². The van der Waals surface area contributed by atoms with Gasteiger partial charge in [-0.25, -0.2) is 9.07 Å². The largest absolute Gasteiger partial charge is 0.359 e. The third-order valence-electron chi connectivity index (χ3n) is 5.67. The molecule has 1 unspecified atom stereocenters. The molecule has 0 saturated carbocycles. The molecule has 2 N–H and O–H groups in total. The topological polar surface area (TPSA) is 88.7 Å². The van der Waals surface area contributed by atoms with Crippen LogP contribution in [0.25, 0.3) is 27.8 Å². The van der Waals surface area contributed by atoms with Crippen LogP contribution in [0.15, 0.2) is 71.5 Å². The third kappa shape index (κ3) is 3.91. The molecule has 0 bridgehead atoms. The van der Waals surface area contributed by atoms with E-state index in [9.17, 15) is 9.18 Å². The van der Waals surface area contributed by atoms with Gasteiger partial charge in [-0.05, 0) is 49.7 Å². The minimum atomic E-state index is -0.565. The van der Waals surface area contributed by atoms with Crippen LogP contribution in [0.4, 0.5) is 4.39 Å². The number of H-pyrrole nitrogens is 1. The van der Waals surface area contributed by atoms with E-state index in [1.165, 1.54) is 12.1 Å². The molecule has 8 heteroatoms. The van der Waals surface area contributed by atoms with E-state index in [1.807, 2.05) is 50.4 Å². The minimum Gasteiger partial charge on any atom is -0.359 e. The average molecular weight is 443 g/mol. The first kappa shape index (κ1) is 20.7. The molecule has 0 fully saturated rings. The number of nitrogens with one attached hydrogen (secondary N) is 2. The van der Waals surface area contributed by atoms with Crippen LogP contribution in [-0.2, 0) is 11.3 Å². The highest BCUT2D eigenvalue weighted by atomic mass is 19.1. The second-order valence-corrected chi connectivity index (χ2v) is 7.95. The van der Waals surface area contributed by atoms with Gasteiger partial charge in [0.2, 0.25) is 5.91 Å². The minimum absolute atomic E-state index is 0.202. The summed E-state index contributed by atoms with van der Waals surface area (Å²) in [5, 5.41) is 11.8. The number of carbonyl (C=O) groups excluding carboxylic acids is 1. The smallest absolute Gasteiger partial charge is 0.227 e. The van der Waals surface area contributed by atoms with Crippen LogP contribution in [0.5, 0.6) is 0 Å². The van der Waals surface area contributed by atoms with Crippen molar-refractivity contribution in [1.29, 1.82) is 0 Å². The molecule has 1 atom stereocenters. The normalized spacial score (nSPS) is 12.2.